The molecule has 2 aromatic rings. The maximum atomic E-state index is 5.99. The summed E-state index contributed by atoms with van der Waals surface area (Å²) >= 11 is 0. The van der Waals surface area contributed by atoms with Gasteiger partial charge in [-0.1, -0.05) is 6.07 Å². The summed E-state index contributed by atoms with van der Waals surface area (Å²) in [4.78, 5) is 4.41. The van der Waals surface area contributed by atoms with Crippen molar-refractivity contribution in [2.75, 3.05) is 6.54 Å². The van der Waals surface area contributed by atoms with E-state index in [2.05, 4.69) is 44.0 Å². The molecule has 3 nitrogen and oxygen atoms in total. The van der Waals surface area contributed by atoms with Crippen LogP contribution in [0.15, 0.2) is 24.4 Å². The van der Waals surface area contributed by atoms with E-state index in [9.17, 15) is 0 Å². The van der Waals surface area contributed by atoms with Gasteiger partial charge < -0.3 is 10.5 Å². The van der Waals surface area contributed by atoms with Gasteiger partial charge in [0.15, 0.2) is 0 Å². The SMILES string of the molecule is Cc1cc(C)c(C)c(Oc2ncc(CCN)cc2C)c1. The summed E-state index contributed by atoms with van der Waals surface area (Å²) in [6, 6.07) is 6.30. The van der Waals surface area contributed by atoms with Crippen molar-refractivity contribution < 1.29 is 4.74 Å². The molecule has 0 aliphatic heterocycles. The standard InChI is InChI=1S/C17H22N2O/c1-11-7-12(2)14(4)16(8-11)20-17-13(3)9-15(5-6-18)10-19-17/h7-10H,5-6,18H2,1-4H3. The Balaban J connectivity index is 2.31. The fourth-order valence-corrected chi connectivity index (χ4v) is 2.24. The molecule has 0 radical (unpaired) electrons. The maximum Gasteiger partial charge on any atom is 0.222 e. The minimum Gasteiger partial charge on any atom is -0.438 e. The molecule has 0 atom stereocenters. The maximum absolute atomic E-state index is 5.99. The van der Waals surface area contributed by atoms with Crippen molar-refractivity contribution in [1.82, 2.24) is 4.98 Å². The average Bonchev–Trinajstić information content (AvgIpc) is 2.38. The van der Waals surface area contributed by atoms with Crippen LogP contribution in [0.2, 0.25) is 0 Å². The lowest BCUT2D eigenvalue weighted by atomic mass is 10.1. The molecular weight excluding hydrogens is 248 g/mol. The number of hydrogen-bond acceptors (Lipinski definition) is 3. The van der Waals surface area contributed by atoms with Crippen LogP contribution in [0.25, 0.3) is 0 Å². The second-order valence-electron chi connectivity index (χ2n) is 5.31. The molecule has 2 rings (SSSR count). The fourth-order valence-electron chi connectivity index (χ4n) is 2.24. The fraction of sp³-hybridized carbons (Fsp3) is 0.353. The van der Waals surface area contributed by atoms with E-state index in [1.54, 1.807) is 0 Å². The zero-order chi connectivity index (χ0) is 14.7. The quantitative estimate of drug-likeness (QED) is 0.923. The van der Waals surface area contributed by atoms with Gasteiger partial charge in [-0.25, -0.2) is 4.98 Å². The molecule has 2 N–H and O–H groups in total. The summed E-state index contributed by atoms with van der Waals surface area (Å²) in [7, 11) is 0. The third-order valence-electron chi connectivity index (χ3n) is 3.49. The van der Waals surface area contributed by atoms with E-state index in [4.69, 9.17) is 10.5 Å². The summed E-state index contributed by atoms with van der Waals surface area (Å²) in [6.07, 6.45) is 2.68. The zero-order valence-corrected chi connectivity index (χ0v) is 12.7. The lowest BCUT2D eigenvalue weighted by molar-refractivity contribution is 0.454. The molecule has 0 bridgehead atoms. The van der Waals surface area contributed by atoms with Crippen molar-refractivity contribution in [2.45, 2.75) is 34.1 Å². The normalized spacial score (nSPS) is 10.7. The van der Waals surface area contributed by atoms with Crippen molar-refractivity contribution in [3.63, 3.8) is 0 Å². The van der Waals surface area contributed by atoms with E-state index in [-0.39, 0.29) is 0 Å². The number of nitrogens with zero attached hydrogens (tertiary/aromatic N) is 1. The first-order valence-corrected chi connectivity index (χ1v) is 6.92. The first kappa shape index (κ1) is 14.5. The van der Waals surface area contributed by atoms with Crippen LogP contribution >= 0.6 is 0 Å². The molecule has 3 heteroatoms. The number of hydrogen-bond donors (Lipinski definition) is 1. The lowest BCUT2D eigenvalue weighted by Gasteiger charge is -2.13. The first-order chi connectivity index (χ1) is 9.51. The van der Waals surface area contributed by atoms with Crippen molar-refractivity contribution in [1.29, 1.82) is 0 Å². The number of rotatable bonds is 4. The highest BCUT2D eigenvalue weighted by atomic mass is 16.5. The molecule has 1 aromatic heterocycles. The Bertz CT molecular complexity index is 621. The summed E-state index contributed by atoms with van der Waals surface area (Å²) in [5.41, 5.74) is 11.3. The number of benzene rings is 1. The van der Waals surface area contributed by atoms with Crippen LogP contribution in [0.4, 0.5) is 0 Å². The van der Waals surface area contributed by atoms with E-state index in [1.165, 1.54) is 11.1 Å². The monoisotopic (exact) mass is 270 g/mol. The first-order valence-electron chi connectivity index (χ1n) is 6.92. The summed E-state index contributed by atoms with van der Waals surface area (Å²) in [5.74, 6) is 1.54. The topological polar surface area (TPSA) is 48.1 Å². The molecule has 1 heterocycles. The molecule has 1 aromatic carbocycles. The molecule has 20 heavy (non-hydrogen) atoms. The van der Waals surface area contributed by atoms with Gasteiger partial charge in [0.1, 0.15) is 5.75 Å². The van der Waals surface area contributed by atoms with E-state index in [0.29, 0.717) is 12.4 Å². The molecule has 0 amide bonds. The molecular formula is C17H22N2O. The van der Waals surface area contributed by atoms with Gasteiger partial charge in [0.25, 0.3) is 0 Å². The number of pyridine rings is 1. The number of nitrogens with two attached hydrogens (primary N) is 1. The number of aryl methyl sites for hydroxylation is 3. The van der Waals surface area contributed by atoms with Gasteiger partial charge in [0, 0.05) is 11.8 Å². The van der Waals surface area contributed by atoms with Gasteiger partial charge in [0.05, 0.1) is 0 Å². The summed E-state index contributed by atoms with van der Waals surface area (Å²) in [5, 5.41) is 0. The van der Waals surface area contributed by atoms with Gasteiger partial charge >= 0.3 is 0 Å². The Morgan fingerprint density at radius 3 is 2.45 bits per heavy atom. The Labute approximate surface area is 120 Å². The molecule has 0 aliphatic carbocycles. The second kappa shape index (κ2) is 6.06. The van der Waals surface area contributed by atoms with E-state index < -0.39 is 0 Å². The Morgan fingerprint density at radius 2 is 1.80 bits per heavy atom. The zero-order valence-electron chi connectivity index (χ0n) is 12.7. The second-order valence-corrected chi connectivity index (χ2v) is 5.31. The third-order valence-corrected chi connectivity index (χ3v) is 3.49. The largest absolute Gasteiger partial charge is 0.438 e. The molecule has 0 aliphatic rings. The predicted molar refractivity (Wildman–Crippen MR) is 82.5 cm³/mol. The van der Waals surface area contributed by atoms with Gasteiger partial charge in [-0.3, -0.25) is 0 Å². The highest BCUT2D eigenvalue weighted by Crippen LogP contribution is 2.29. The molecule has 0 spiro atoms. The van der Waals surface area contributed by atoms with E-state index in [0.717, 1.165) is 28.9 Å². The molecule has 106 valence electrons. The Morgan fingerprint density at radius 1 is 1.05 bits per heavy atom. The summed E-state index contributed by atoms with van der Waals surface area (Å²) < 4.78 is 5.99. The van der Waals surface area contributed by atoms with Crippen LogP contribution in [0.1, 0.15) is 27.8 Å². The predicted octanol–water partition coefficient (Wildman–Crippen LogP) is 3.61. The summed E-state index contributed by atoms with van der Waals surface area (Å²) in [6.45, 7) is 8.89. The number of aromatic nitrogens is 1. The van der Waals surface area contributed by atoms with Gasteiger partial charge in [-0.05, 0) is 75.0 Å². The Hall–Kier alpha value is -1.87. The van der Waals surface area contributed by atoms with Gasteiger partial charge in [0.2, 0.25) is 5.88 Å². The van der Waals surface area contributed by atoms with Crippen LogP contribution < -0.4 is 10.5 Å². The van der Waals surface area contributed by atoms with Gasteiger partial charge in [-0.15, -0.1) is 0 Å². The minimum absolute atomic E-state index is 0.636. The smallest absolute Gasteiger partial charge is 0.222 e. The molecule has 0 fully saturated rings. The number of ether oxygens (including phenoxy) is 1. The van der Waals surface area contributed by atoms with Crippen molar-refractivity contribution >= 4 is 0 Å². The van der Waals surface area contributed by atoms with E-state index >= 15 is 0 Å². The van der Waals surface area contributed by atoms with Crippen LogP contribution in [-0.2, 0) is 6.42 Å². The van der Waals surface area contributed by atoms with Crippen LogP contribution in [0, 0.1) is 27.7 Å². The average molecular weight is 270 g/mol. The van der Waals surface area contributed by atoms with Crippen molar-refractivity contribution in [2.24, 2.45) is 5.73 Å². The molecule has 0 unspecified atom stereocenters. The van der Waals surface area contributed by atoms with Crippen LogP contribution in [-0.4, -0.2) is 11.5 Å². The van der Waals surface area contributed by atoms with Gasteiger partial charge in [-0.2, -0.15) is 0 Å². The van der Waals surface area contributed by atoms with Crippen molar-refractivity contribution in [3.8, 4) is 11.6 Å². The van der Waals surface area contributed by atoms with Crippen molar-refractivity contribution in [3.05, 3.63) is 52.2 Å². The lowest BCUT2D eigenvalue weighted by Crippen LogP contribution is -2.04. The Kier molecular flexibility index (Phi) is 4.40. The highest BCUT2D eigenvalue weighted by molar-refractivity contribution is 5.44. The van der Waals surface area contributed by atoms with E-state index in [1.807, 2.05) is 13.1 Å². The van der Waals surface area contributed by atoms with Crippen LogP contribution in [0.5, 0.6) is 11.6 Å². The highest BCUT2D eigenvalue weighted by Gasteiger charge is 2.09. The third kappa shape index (κ3) is 3.17. The molecule has 0 saturated heterocycles. The molecule has 0 saturated carbocycles. The minimum atomic E-state index is 0.636. The van der Waals surface area contributed by atoms with Crippen LogP contribution in [0.3, 0.4) is 0 Å².